The minimum Gasteiger partial charge on any atom is -0.391 e. The van der Waals surface area contributed by atoms with E-state index in [4.69, 9.17) is 40.3 Å². The SMILES string of the molecule is Cc1c(N)nc([C@H](CC(N)=O)NC[C@H](N)C(N)=O)nc1C(=O)N[C@H](C(=O)N[C@H](Cc1ccccc1)[C@@H](O)[C@H](C)C(=O)N[C@H](C(=O)NCCc1nc(-c2nc(C(=O)NCCCNCCCCNCCCN)cs2)c(Cl)s1)[C@@H](C)O)[C@@H](O)c1cnc[nH]1. The molecule has 0 spiro atoms. The van der Waals surface area contributed by atoms with Gasteiger partial charge in [-0.1, -0.05) is 48.9 Å². The molecule has 0 aliphatic carbocycles. The summed E-state index contributed by atoms with van der Waals surface area (Å²) in [5.74, 6) is -7.56. The number of benzene rings is 1. The molecule has 0 radical (unpaired) electrons. The lowest BCUT2D eigenvalue weighted by Crippen LogP contribution is -2.59. The van der Waals surface area contributed by atoms with Crippen LogP contribution >= 0.6 is 34.3 Å². The molecule has 0 saturated carbocycles. The number of nitrogens with two attached hydrogens (primary N) is 5. The highest BCUT2D eigenvalue weighted by Gasteiger charge is 2.38. The summed E-state index contributed by atoms with van der Waals surface area (Å²) in [5, 5.41) is 59.8. The number of aromatic amines is 1. The number of hydrogen-bond donors (Lipinski definition) is 17. The zero-order valence-corrected chi connectivity index (χ0v) is 49.8. The maximum absolute atomic E-state index is 14.6. The molecule has 32 heteroatoms. The summed E-state index contributed by atoms with van der Waals surface area (Å²) in [6.45, 7) is 8.47. The molecule has 0 unspecified atom stereocenters. The number of anilines is 1. The average molecular weight is 1240 g/mol. The highest BCUT2D eigenvalue weighted by atomic mass is 35.5. The Morgan fingerprint density at radius 2 is 1.48 bits per heavy atom. The van der Waals surface area contributed by atoms with Crippen molar-refractivity contribution < 1.29 is 48.9 Å². The normalized spacial score (nSPS) is 14.6. The first kappa shape index (κ1) is 68.6. The Kier molecular flexibility index (Phi) is 28.0. The Hall–Kier alpha value is -7.17. The number of thiazole rings is 2. The Labute approximate surface area is 504 Å². The van der Waals surface area contributed by atoms with Crippen molar-refractivity contribution >= 4 is 81.4 Å². The molecule has 7 amide bonds. The number of carbonyl (C=O) groups excluding carboxylic acids is 7. The summed E-state index contributed by atoms with van der Waals surface area (Å²) < 4.78 is 0.323. The molecule has 29 nitrogen and oxygen atoms in total. The van der Waals surface area contributed by atoms with Crippen LogP contribution in [0.3, 0.4) is 0 Å². The number of nitrogen functional groups attached to an aromatic ring is 1. The van der Waals surface area contributed by atoms with E-state index in [1.165, 1.54) is 44.6 Å². The van der Waals surface area contributed by atoms with E-state index in [2.05, 4.69) is 72.4 Å². The van der Waals surface area contributed by atoms with Crippen LogP contribution in [0, 0.1) is 12.8 Å². The van der Waals surface area contributed by atoms with E-state index in [9.17, 15) is 48.9 Å². The molecular formula is C53H78ClN19O10S2. The summed E-state index contributed by atoms with van der Waals surface area (Å²) in [6.07, 6.45) is 0.935. The highest BCUT2D eigenvalue weighted by Crippen LogP contribution is 2.34. The van der Waals surface area contributed by atoms with E-state index in [1.807, 2.05) is 0 Å². The molecular weight excluding hydrogens is 1160 g/mol. The third kappa shape index (κ3) is 21.4. The summed E-state index contributed by atoms with van der Waals surface area (Å²) in [6, 6.07) is 1.56. The summed E-state index contributed by atoms with van der Waals surface area (Å²) in [5.41, 5.74) is 29.1. The minimum atomic E-state index is -1.87. The second kappa shape index (κ2) is 34.7. The third-order valence-corrected chi connectivity index (χ3v) is 15.5. The molecule has 464 valence electrons. The van der Waals surface area contributed by atoms with Crippen LogP contribution in [0.1, 0.15) is 107 Å². The molecule has 9 atom stereocenters. The molecule has 22 N–H and O–H groups in total. The van der Waals surface area contributed by atoms with Crippen LogP contribution in [0.4, 0.5) is 5.82 Å². The van der Waals surface area contributed by atoms with Crippen molar-refractivity contribution in [1.82, 2.24) is 72.4 Å². The smallest absolute Gasteiger partial charge is 0.271 e. The van der Waals surface area contributed by atoms with Gasteiger partial charge in [0.05, 0.1) is 59.5 Å². The van der Waals surface area contributed by atoms with Gasteiger partial charge in [0.25, 0.3) is 11.8 Å². The van der Waals surface area contributed by atoms with Gasteiger partial charge < -0.3 is 91.5 Å². The van der Waals surface area contributed by atoms with Gasteiger partial charge in [0.15, 0.2) is 0 Å². The third-order valence-electron chi connectivity index (χ3n) is 13.4. The van der Waals surface area contributed by atoms with Crippen molar-refractivity contribution in [2.75, 3.05) is 58.1 Å². The number of imidazole rings is 1. The maximum Gasteiger partial charge on any atom is 0.271 e. The van der Waals surface area contributed by atoms with Gasteiger partial charge in [-0.05, 0) is 84.2 Å². The van der Waals surface area contributed by atoms with Crippen molar-refractivity contribution in [3.8, 4) is 10.7 Å². The van der Waals surface area contributed by atoms with E-state index in [1.54, 1.807) is 35.7 Å². The van der Waals surface area contributed by atoms with Crippen LogP contribution < -0.4 is 71.2 Å². The molecule has 5 rings (SSSR count). The number of carbonyl (C=O) groups is 7. The van der Waals surface area contributed by atoms with E-state index in [-0.39, 0.29) is 66.1 Å². The molecule has 1 aromatic carbocycles. The van der Waals surface area contributed by atoms with Gasteiger partial charge in [-0.25, -0.2) is 24.9 Å². The molecule has 0 bridgehead atoms. The number of amides is 7. The predicted octanol–water partition coefficient (Wildman–Crippen LogP) is -2.15. The number of unbranched alkanes of at least 4 members (excludes halogenated alkanes) is 1. The molecule has 5 aromatic rings. The van der Waals surface area contributed by atoms with Crippen LogP contribution in [0.5, 0.6) is 0 Å². The number of nitrogens with zero attached hydrogens (tertiary/aromatic N) is 5. The first-order valence-corrected chi connectivity index (χ1v) is 29.6. The second-order valence-corrected chi connectivity index (χ2v) is 22.6. The Balaban J connectivity index is 1.22. The van der Waals surface area contributed by atoms with Crippen LogP contribution in [-0.2, 0) is 36.8 Å². The monoisotopic (exact) mass is 1240 g/mol. The zero-order valence-electron chi connectivity index (χ0n) is 47.4. The van der Waals surface area contributed by atoms with Gasteiger partial charge >= 0.3 is 0 Å². The standard InChI is InChI=1S/C53H78ClN19O10S2/c1-27-38(70-47(73-45(27)58)33(22-36(57)75)65-23-31(56)46(59)78)51(82)72-40(43(77)34-24-62-26-66-34)52(83)67-32(21-30-11-5-4-6-12-30)42(76)28(2)48(79)71-39(29(3)74)50(81)64-20-13-37-69-41(44(54)85-37)53-68-35(25-84-53)49(80)63-19-10-18-61-16-8-7-15-60-17-9-14-55/h4-6,11-12,24-26,28-29,31-33,39-40,42-43,60-61,65,74,76-77H,7-10,13-23,55-56H2,1-3H3,(H2,57,75)(H2,59,78)(H,62,66)(H,63,80)(H,64,81)(H,67,83)(H,71,79)(H,72,82)(H2,58,70,73)/t28-,29+,31-,32+,33-,39-,40-,42-,43-/m0/s1. The van der Waals surface area contributed by atoms with Gasteiger partial charge in [-0.2, -0.15) is 0 Å². The minimum absolute atomic E-state index is 0.00540. The van der Waals surface area contributed by atoms with Crippen LogP contribution in [-0.4, -0.2) is 175 Å². The molecule has 0 fully saturated rings. The van der Waals surface area contributed by atoms with Crippen molar-refractivity contribution in [2.45, 2.75) is 114 Å². The number of aromatic nitrogens is 6. The van der Waals surface area contributed by atoms with Crippen molar-refractivity contribution in [1.29, 1.82) is 0 Å². The molecule has 85 heavy (non-hydrogen) atoms. The number of hydrogen-bond acceptors (Lipinski definition) is 23. The highest BCUT2D eigenvalue weighted by molar-refractivity contribution is 7.17. The molecule has 0 aliphatic heterocycles. The molecule has 0 saturated heterocycles. The zero-order chi connectivity index (χ0) is 62.2. The van der Waals surface area contributed by atoms with Crippen molar-refractivity contribution in [2.24, 2.45) is 28.9 Å². The fraction of sp³-hybridized carbons (Fsp3) is 0.509. The number of nitrogens with one attached hydrogen (secondary N) is 9. The first-order chi connectivity index (χ1) is 40.6. The van der Waals surface area contributed by atoms with Gasteiger partial charge in [0.1, 0.15) is 56.3 Å². The largest absolute Gasteiger partial charge is 0.391 e. The molecule has 4 aromatic heterocycles. The summed E-state index contributed by atoms with van der Waals surface area (Å²) in [7, 11) is 0. The number of aliphatic hydroxyl groups excluding tert-OH is 3. The lowest BCUT2D eigenvalue weighted by molar-refractivity contribution is -0.136. The Morgan fingerprint density at radius 1 is 0.788 bits per heavy atom. The Bertz CT molecular complexity index is 2970. The quantitative estimate of drug-likeness (QED) is 0.0187. The topological polar surface area (TPSA) is 487 Å². The summed E-state index contributed by atoms with van der Waals surface area (Å²) >= 11 is 8.95. The van der Waals surface area contributed by atoms with Crippen molar-refractivity contribution in [3.05, 3.63) is 91.6 Å². The lowest BCUT2D eigenvalue weighted by atomic mass is 9.91. The number of halogens is 1. The van der Waals surface area contributed by atoms with E-state index in [0.717, 1.165) is 63.2 Å². The van der Waals surface area contributed by atoms with Gasteiger partial charge in [-0.3, -0.25) is 33.6 Å². The van der Waals surface area contributed by atoms with Crippen LogP contribution in [0.15, 0.2) is 48.2 Å². The van der Waals surface area contributed by atoms with E-state index in [0.29, 0.717) is 38.7 Å². The lowest BCUT2D eigenvalue weighted by Gasteiger charge is -2.32. The van der Waals surface area contributed by atoms with Gasteiger partial charge in [0.2, 0.25) is 29.5 Å². The van der Waals surface area contributed by atoms with Crippen molar-refractivity contribution in [3.63, 3.8) is 0 Å². The average Bonchev–Trinajstić information content (AvgIpc) is 3.93. The first-order valence-electron chi connectivity index (χ1n) is 27.6. The van der Waals surface area contributed by atoms with Crippen LogP contribution in [0.2, 0.25) is 4.34 Å². The van der Waals surface area contributed by atoms with Crippen LogP contribution in [0.25, 0.3) is 10.7 Å². The number of primary amides is 2. The van der Waals surface area contributed by atoms with E-state index >= 15 is 0 Å². The predicted molar refractivity (Wildman–Crippen MR) is 319 cm³/mol. The van der Waals surface area contributed by atoms with Gasteiger partial charge in [-0.15, -0.1) is 22.7 Å². The number of aliphatic hydroxyl groups is 3. The maximum atomic E-state index is 14.6. The molecule has 4 heterocycles. The fourth-order valence-electron chi connectivity index (χ4n) is 8.41. The molecule has 0 aliphatic rings. The number of H-pyrrole nitrogens is 1. The van der Waals surface area contributed by atoms with Gasteiger partial charge in [0, 0.05) is 43.4 Å². The Morgan fingerprint density at radius 3 is 2.13 bits per heavy atom. The second-order valence-electron chi connectivity index (χ2n) is 20.1. The van der Waals surface area contributed by atoms with E-state index < -0.39 is 96.3 Å². The fourth-order valence-corrected chi connectivity index (χ4v) is 10.5. The summed E-state index contributed by atoms with van der Waals surface area (Å²) in [4.78, 5) is 117. The number of rotatable bonds is 38.